The number of aromatic nitrogens is 2. The maximum Gasteiger partial charge on any atom is 0.242 e. The molecular weight excluding hydrogens is 280 g/mol. The van der Waals surface area contributed by atoms with Crippen LogP contribution in [0.2, 0.25) is 4.34 Å². The quantitative estimate of drug-likeness (QED) is 0.868. The first kappa shape index (κ1) is 12.7. The van der Waals surface area contributed by atoms with Crippen LogP contribution in [0, 0.1) is 6.92 Å². The molecule has 2 heterocycles. The Morgan fingerprint density at radius 2 is 2.35 bits per heavy atom. The second kappa shape index (κ2) is 5.29. The van der Waals surface area contributed by atoms with Gasteiger partial charge in [-0.25, -0.2) is 0 Å². The van der Waals surface area contributed by atoms with E-state index in [9.17, 15) is 4.21 Å². The fraction of sp³-hybridized carbons (Fsp3) is 0.400. The average molecular weight is 291 g/mol. The van der Waals surface area contributed by atoms with Crippen molar-refractivity contribution in [2.45, 2.75) is 24.9 Å². The summed E-state index contributed by atoms with van der Waals surface area (Å²) in [4.78, 5) is 5.08. The Bertz CT molecular complexity index is 538. The second-order valence-corrected chi connectivity index (χ2v) is 7.11. The molecular formula is C10H11ClN2O2S2. The SMILES string of the molecule is Cc1noc([C@@H](C)[S@@](=O)Cc2ccc(Cl)s2)n1. The number of nitrogens with zero attached hydrogens (tertiary/aromatic N) is 2. The molecule has 0 unspecified atom stereocenters. The predicted molar refractivity (Wildman–Crippen MR) is 68.6 cm³/mol. The lowest BCUT2D eigenvalue weighted by Gasteiger charge is -2.05. The van der Waals surface area contributed by atoms with Crippen molar-refractivity contribution >= 4 is 33.7 Å². The molecule has 0 N–H and O–H groups in total. The van der Waals surface area contributed by atoms with Gasteiger partial charge in [-0.3, -0.25) is 4.21 Å². The molecule has 2 rings (SSSR count). The van der Waals surface area contributed by atoms with Crippen molar-refractivity contribution in [2.24, 2.45) is 0 Å². The molecule has 7 heteroatoms. The lowest BCUT2D eigenvalue weighted by atomic mass is 10.5. The van der Waals surface area contributed by atoms with Crippen molar-refractivity contribution in [3.8, 4) is 0 Å². The van der Waals surface area contributed by atoms with Gasteiger partial charge in [-0.05, 0) is 26.0 Å². The van der Waals surface area contributed by atoms with Gasteiger partial charge in [0.25, 0.3) is 0 Å². The Balaban J connectivity index is 2.05. The molecule has 0 amide bonds. The monoisotopic (exact) mass is 290 g/mol. The summed E-state index contributed by atoms with van der Waals surface area (Å²) in [5, 5.41) is 3.43. The van der Waals surface area contributed by atoms with Crippen LogP contribution in [-0.4, -0.2) is 14.3 Å². The molecule has 0 fully saturated rings. The Morgan fingerprint density at radius 1 is 1.59 bits per heavy atom. The van der Waals surface area contributed by atoms with Gasteiger partial charge in [0.1, 0.15) is 5.25 Å². The molecule has 0 aliphatic heterocycles. The molecule has 0 aromatic carbocycles. The van der Waals surface area contributed by atoms with E-state index in [4.69, 9.17) is 16.1 Å². The number of aryl methyl sites for hydroxylation is 1. The molecule has 2 aromatic rings. The van der Waals surface area contributed by atoms with Crippen molar-refractivity contribution in [3.05, 3.63) is 33.1 Å². The van der Waals surface area contributed by atoms with Gasteiger partial charge in [0.15, 0.2) is 5.82 Å². The molecule has 0 aliphatic carbocycles. The zero-order valence-corrected chi connectivity index (χ0v) is 11.7. The highest BCUT2D eigenvalue weighted by atomic mass is 35.5. The number of hydrogen-bond donors (Lipinski definition) is 0. The Morgan fingerprint density at radius 3 is 2.88 bits per heavy atom. The van der Waals surface area contributed by atoms with Crippen molar-refractivity contribution in [3.63, 3.8) is 0 Å². The van der Waals surface area contributed by atoms with Crippen molar-refractivity contribution in [1.82, 2.24) is 10.1 Å². The minimum atomic E-state index is -1.08. The maximum absolute atomic E-state index is 12.1. The van der Waals surface area contributed by atoms with Crippen LogP contribution in [0.4, 0.5) is 0 Å². The standard InChI is InChI=1S/C10H11ClN2O2S2/c1-6(10-12-7(2)13-15-10)17(14)5-8-3-4-9(11)16-8/h3-4,6H,5H2,1-2H3/t6-,17+/m1/s1. The van der Waals surface area contributed by atoms with Crippen LogP contribution in [0.25, 0.3) is 0 Å². The van der Waals surface area contributed by atoms with E-state index < -0.39 is 10.8 Å². The van der Waals surface area contributed by atoms with E-state index in [-0.39, 0.29) is 5.25 Å². The molecule has 0 saturated carbocycles. The first-order valence-corrected chi connectivity index (χ1v) is 7.55. The zero-order valence-electron chi connectivity index (χ0n) is 9.34. The smallest absolute Gasteiger partial charge is 0.242 e. The number of thiophene rings is 1. The molecule has 2 aromatic heterocycles. The number of halogens is 1. The van der Waals surface area contributed by atoms with E-state index in [1.807, 2.05) is 13.0 Å². The molecule has 0 radical (unpaired) electrons. The van der Waals surface area contributed by atoms with E-state index in [1.54, 1.807) is 13.0 Å². The van der Waals surface area contributed by atoms with Gasteiger partial charge in [-0.2, -0.15) is 4.98 Å². The highest BCUT2D eigenvalue weighted by molar-refractivity contribution is 7.84. The van der Waals surface area contributed by atoms with Gasteiger partial charge in [0, 0.05) is 15.7 Å². The van der Waals surface area contributed by atoms with E-state index in [0.717, 1.165) is 4.88 Å². The number of hydrogen-bond acceptors (Lipinski definition) is 5. The Labute approximate surface area is 110 Å². The number of rotatable bonds is 4. The van der Waals surface area contributed by atoms with Gasteiger partial charge in [0.2, 0.25) is 5.89 Å². The molecule has 0 spiro atoms. The molecule has 17 heavy (non-hydrogen) atoms. The fourth-order valence-corrected chi connectivity index (χ4v) is 3.70. The van der Waals surface area contributed by atoms with Crippen LogP contribution in [0.5, 0.6) is 0 Å². The molecule has 2 atom stereocenters. The topological polar surface area (TPSA) is 56.0 Å². The lowest BCUT2D eigenvalue weighted by Crippen LogP contribution is -2.05. The first-order chi connectivity index (χ1) is 8.06. The molecule has 0 aliphatic rings. The van der Waals surface area contributed by atoms with Gasteiger partial charge in [0.05, 0.1) is 10.1 Å². The van der Waals surface area contributed by atoms with Crippen LogP contribution in [0.1, 0.15) is 28.8 Å². The summed E-state index contributed by atoms with van der Waals surface area (Å²) in [5.41, 5.74) is 0. The average Bonchev–Trinajstić information content (AvgIpc) is 2.87. The van der Waals surface area contributed by atoms with Gasteiger partial charge in [-0.1, -0.05) is 16.8 Å². The van der Waals surface area contributed by atoms with E-state index in [2.05, 4.69) is 10.1 Å². The fourth-order valence-electron chi connectivity index (χ4n) is 1.29. The zero-order chi connectivity index (χ0) is 12.4. The summed E-state index contributed by atoms with van der Waals surface area (Å²) in [6.07, 6.45) is 0. The third-order valence-electron chi connectivity index (χ3n) is 2.20. The summed E-state index contributed by atoms with van der Waals surface area (Å²) >= 11 is 7.26. The van der Waals surface area contributed by atoms with Crippen molar-refractivity contribution < 1.29 is 8.73 Å². The van der Waals surface area contributed by atoms with Crippen LogP contribution in [0.3, 0.4) is 0 Å². The van der Waals surface area contributed by atoms with Gasteiger partial charge < -0.3 is 4.52 Å². The van der Waals surface area contributed by atoms with E-state index in [0.29, 0.717) is 21.8 Å². The lowest BCUT2D eigenvalue weighted by molar-refractivity contribution is 0.375. The third kappa shape index (κ3) is 3.14. The van der Waals surface area contributed by atoms with Crippen LogP contribution >= 0.6 is 22.9 Å². The Hall–Kier alpha value is -0.720. The van der Waals surface area contributed by atoms with Gasteiger partial charge >= 0.3 is 0 Å². The highest BCUT2D eigenvalue weighted by Gasteiger charge is 2.20. The maximum atomic E-state index is 12.1. The normalized spacial score (nSPS) is 14.8. The van der Waals surface area contributed by atoms with Crippen molar-refractivity contribution in [1.29, 1.82) is 0 Å². The van der Waals surface area contributed by atoms with Crippen LogP contribution in [0.15, 0.2) is 16.7 Å². The molecule has 0 bridgehead atoms. The first-order valence-electron chi connectivity index (χ1n) is 4.98. The third-order valence-corrected chi connectivity index (χ3v) is 5.20. The summed E-state index contributed by atoms with van der Waals surface area (Å²) in [6.45, 7) is 3.56. The summed E-state index contributed by atoms with van der Waals surface area (Å²) in [7, 11) is -1.08. The minimum Gasteiger partial charge on any atom is -0.338 e. The van der Waals surface area contributed by atoms with Gasteiger partial charge in [-0.15, -0.1) is 11.3 Å². The van der Waals surface area contributed by atoms with E-state index in [1.165, 1.54) is 11.3 Å². The summed E-state index contributed by atoms with van der Waals surface area (Å²) in [6, 6.07) is 3.69. The Kier molecular flexibility index (Phi) is 3.96. The highest BCUT2D eigenvalue weighted by Crippen LogP contribution is 2.26. The van der Waals surface area contributed by atoms with E-state index >= 15 is 0 Å². The molecule has 0 saturated heterocycles. The largest absolute Gasteiger partial charge is 0.338 e. The molecule has 92 valence electrons. The second-order valence-electron chi connectivity index (χ2n) is 3.55. The van der Waals surface area contributed by atoms with Crippen molar-refractivity contribution in [2.75, 3.05) is 0 Å². The summed E-state index contributed by atoms with van der Waals surface area (Å²) < 4.78 is 17.8. The van der Waals surface area contributed by atoms with Crippen LogP contribution < -0.4 is 0 Å². The molecule has 4 nitrogen and oxygen atoms in total. The minimum absolute atomic E-state index is 0.267. The van der Waals surface area contributed by atoms with Crippen LogP contribution in [-0.2, 0) is 16.6 Å². The summed E-state index contributed by atoms with van der Waals surface area (Å²) in [5.74, 6) is 1.44. The predicted octanol–water partition coefficient (Wildman–Crippen LogP) is 3.10.